The number of hydrogen-bond donors (Lipinski definition) is 2. The van der Waals surface area contributed by atoms with E-state index in [1.165, 1.54) is 17.5 Å². The Morgan fingerprint density at radius 1 is 1.32 bits per heavy atom. The van der Waals surface area contributed by atoms with Crippen LogP contribution in [0.5, 0.6) is 5.75 Å². The van der Waals surface area contributed by atoms with Crippen molar-refractivity contribution in [1.29, 1.82) is 0 Å². The van der Waals surface area contributed by atoms with Crippen LogP contribution in [0.15, 0.2) is 12.1 Å². The normalized spacial score (nSPS) is 14.2. The molecule has 0 aliphatic carbocycles. The molecule has 3 nitrogen and oxygen atoms in total. The van der Waals surface area contributed by atoms with Crippen LogP contribution in [0.25, 0.3) is 0 Å². The number of aryl methyl sites for hydroxylation is 2. The van der Waals surface area contributed by atoms with Crippen LogP contribution >= 0.6 is 11.8 Å². The summed E-state index contributed by atoms with van der Waals surface area (Å²) >= 11 is 1.95. The monoisotopic (exact) mass is 282 g/mol. The van der Waals surface area contributed by atoms with Crippen LogP contribution < -0.4 is 16.0 Å². The number of ether oxygens (including phenoxy) is 1. The number of benzene rings is 1. The molecule has 1 rings (SSSR count). The van der Waals surface area contributed by atoms with E-state index in [9.17, 15) is 0 Å². The highest BCUT2D eigenvalue weighted by atomic mass is 32.2. The summed E-state index contributed by atoms with van der Waals surface area (Å²) in [5, 5.41) is 0.663. The number of methoxy groups -OCH3 is 1. The van der Waals surface area contributed by atoms with Gasteiger partial charge in [0, 0.05) is 11.0 Å². The molecule has 2 unspecified atom stereocenters. The molecule has 1 aromatic rings. The smallest absolute Gasteiger partial charge is 0.122 e. The van der Waals surface area contributed by atoms with Gasteiger partial charge >= 0.3 is 0 Å². The first kappa shape index (κ1) is 16.3. The SMILES string of the molecule is CCC(C)SCC(NN)c1cc(C)c(OC)cc1C. The van der Waals surface area contributed by atoms with E-state index >= 15 is 0 Å². The van der Waals surface area contributed by atoms with Gasteiger partial charge in [-0.05, 0) is 43.0 Å². The van der Waals surface area contributed by atoms with E-state index in [0.29, 0.717) is 5.25 Å². The van der Waals surface area contributed by atoms with Crippen LogP contribution in [0, 0.1) is 13.8 Å². The van der Waals surface area contributed by atoms with Gasteiger partial charge in [-0.3, -0.25) is 11.3 Å². The molecule has 0 bridgehead atoms. The first-order chi connectivity index (χ1) is 9.03. The lowest BCUT2D eigenvalue weighted by Gasteiger charge is -2.21. The highest BCUT2D eigenvalue weighted by Gasteiger charge is 2.15. The van der Waals surface area contributed by atoms with Crippen molar-refractivity contribution in [2.24, 2.45) is 5.84 Å². The molecule has 0 aliphatic rings. The molecule has 19 heavy (non-hydrogen) atoms. The first-order valence-corrected chi connectivity index (χ1v) is 7.81. The first-order valence-electron chi connectivity index (χ1n) is 6.76. The van der Waals surface area contributed by atoms with E-state index in [-0.39, 0.29) is 6.04 Å². The summed E-state index contributed by atoms with van der Waals surface area (Å²) in [6, 6.07) is 4.45. The van der Waals surface area contributed by atoms with Gasteiger partial charge in [-0.1, -0.05) is 19.9 Å². The maximum atomic E-state index is 5.73. The minimum Gasteiger partial charge on any atom is -0.496 e. The fourth-order valence-electron chi connectivity index (χ4n) is 2.01. The maximum Gasteiger partial charge on any atom is 0.122 e. The lowest BCUT2D eigenvalue weighted by atomic mass is 9.99. The number of hydrogen-bond acceptors (Lipinski definition) is 4. The van der Waals surface area contributed by atoms with Gasteiger partial charge in [0.15, 0.2) is 0 Å². The Bertz CT molecular complexity index is 409. The van der Waals surface area contributed by atoms with Crippen molar-refractivity contribution in [3.63, 3.8) is 0 Å². The molecule has 108 valence electrons. The lowest BCUT2D eigenvalue weighted by Crippen LogP contribution is -2.30. The highest BCUT2D eigenvalue weighted by molar-refractivity contribution is 7.99. The van der Waals surface area contributed by atoms with Crippen molar-refractivity contribution in [3.05, 3.63) is 28.8 Å². The molecular formula is C15H26N2OS. The van der Waals surface area contributed by atoms with Crippen LogP contribution in [0.2, 0.25) is 0 Å². The van der Waals surface area contributed by atoms with Gasteiger partial charge in [0.25, 0.3) is 0 Å². The zero-order chi connectivity index (χ0) is 14.4. The molecule has 0 saturated carbocycles. The third-order valence-electron chi connectivity index (χ3n) is 3.48. The van der Waals surface area contributed by atoms with Crippen molar-refractivity contribution >= 4 is 11.8 Å². The van der Waals surface area contributed by atoms with Gasteiger partial charge in [-0.15, -0.1) is 0 Å². The summed E-state index contributed by atoms with van der Waals surface area (Å²) in [4.78, 5) is 0. The summed E-state index contributed by atoms with van der Waals surface area (Å²) in [6.07, 6.45) is 1.18. The minimum absolute atomic E-state index is 0.184. The second kappa shape index (κ2) is 7.78. The summed E-state index contributed by atoms with van der Waals surface area (Å²) in [7, 11) is 1.71. The number of rotatable bonds is 7. The highest BCUT2D eigenvalue weighted by Crippen LogP contribution is 2.29. The van der Waals surface area contributed by atoms with Gasteiger partial charge in [0.1, 0.15) is 5.75 Å². The zero-order valence-corrected chi connectivity index (χ0v) is 13.4. The molecule has 0 radical (unpaired) electrons. The van der Waals surface area contributed by atoms with Crippen molar-refractivity contribution < 1.29 is 4.74 Å². The van der Waals surface area contributed by atoms with E-state index in [1.54, 1.807) is 7.11 Å². The second-order valence-corrected chi connectivity index (χ2v) is 6.42. The number of nitrogens with two attached hydrogens (primary N) is 1. The predicted octanol–water partition coefficient (Wildman–Crippen LogP) is 3.35. The van der Waals surface area contributed by atoms with Crippen molar-refractivity contribution in [3.8, 4) is 5.75 Å². The summed E-state index contributed by atoms with van der Waals surface area (Å²) in [6.45, 7) is 8.64. The third-order valence-corrected chi connectivity index (χ3v) is 4.91. The molecule has 0 spiro atoms. The van der Waals surface area contributed by atoms with Crippen molar-refractivity contribution in [1.82, 2.24) is 5.43 Å². The topological polar surface area (TPSA) is 47.3 Å². The van der Waals surface area contributed by atoms with Crippen LogP contribution in [0.1, 0.15) is 43.0 Å². The number of thioether (sulfide) groups is 1. The maximum absolute atomic E-state index is 5.73. The van der Waals surface area contributed by atoms with E-state index in [0.717, 1.165) is 17.1 Å². The summed E-state index contributed by atoms with van der Waals surface area (Å²) in [5.74, 6) is 7.65. The fraction of sp³-hybridized carbons (Fsp3) is 0.600. The summed E-state index contributed by atoms with van der Waals surface area (Å²) in [5.41, 5.74) is 6.57. The molecule has 1 aromatic carbocycles. The second-order valence-electron chi connectivity index (χ2n) is 4.95. The van der Waals surface area contributed by atoms with Crippen LogP contribution in [-0.4, -0.2) is 18.1 Å². The van der Waals surface area contributed by atoms with Gasteiger partial charge in [-0.25, -0.2) is 0 Å². The third kappa shape index (κ3) is 4.41. The van der Waals surface area contributed by atoms with E-state index in [2.05, 4.69) is 45.3 Å². The van der Waals surface area contributed by atoms with E-state index in [4.69, 9.17) is 10.6 Å². The Balaban J connectivity index is 2.89. The predicted molar refractivity (Wildman–Crippen MR) is 84.7 cm³/mol. The lowest BCUT2D eigenvalue weighted by molar-refractivity contribution is 0.411. The molecular weight excluding hydrogens is 256 g/mol. The average Bonchev–Trinajstić information content (AvgIpc) is 2.42. The van der Waals surface area contributed by atoms with E-state index < -0.39 is 0 Å². The van der Waals surface area contributed by atoms with Gasteiger partial charge in [-0.2, -0.15) is 11.8 Å². The fourth-order valence-corrected chi connectivity index (χ4v) is 3.05. The number of hydrazine groups is 1. The molecule has 0 aromatic heterocycles. The van der Waals surface area contributed by atoms with Crippen LogP contribution in [-0.2, 0) is 0 Å². The minimum atomic E-state index is 0.184. The molecule has 3 N–H and O–H groups in total. The van der Waals surface area contributed by atoms with Gasteiger partial charge < -0.3 is 4.74 Å². The Hall–Kier alpha value is -0.710. The Labute approximate surface area is 121 Å². The molecule has 0 saturated heterocycles. The van der Waals surface area contributed by atoms with E-state index in [1.807, 2.05) is 11.8 Å². The standard InChI is InChI=1S/C15H26N2OS/c1-6-12(4)19-9-14(17-16)13-7-11(3)15(18-5)8-10(13)2/h7-8,12,14,17H,6,9,16H2,1-5H3. The average molecular weight is 282 g/mol. The van der Waals surface area contributed by atoms with Crippen molar-refractivity contribution in [2.45, 2.75) is 45.4 Å². The van der Waals surface area contributed by atoms with Gasteiger partial charge in [0.2, 0.25) is 0 Å². The number of nitrogens with one attached hydrogen (secondary N) is 1. The Kier molecular flexibility index (Phi) is 6.69. The molecule has 2 atom stereocenters. The Morgan fingerprint density at radius 3 is 2.53 bits per heavy atom. The van der Waals surface area contributed by atoms with Crippen molar-refractivity contribution in [2.75, 3.05) is 12.9 Å². The van der Waals surface area contributed by atoms with Gasteiger partial charge in [0.05, 0.1) is 13.2 Å². The van der Waals surface area contributed by atoms with Crippen LogP contribution in [0.3, 0.4) is 0 Å². The molecule has 0 amide bonds. The molecule has 0 heterocycles. The molecule has 0 fully saturated rings. The quantitative estimate of drug-likeness (QED) is 0.595. The molecule has 4 heteroatoms. The largest absolute Gasteiger partial charge is 0.496 e. The Morgan fingerprint density at radius 2 is 2.00 bits per heavy atom. The van der Waals surface area contributed by atoms with Crippen LogP contribution in [0.4, 0.5) is 0 Å². The summed E-state index contributed by atoms with van der Waals surface area (Å²) < 4.78 is 5.35. The zero-order valence-electron chi connectivity index (χ0n) is 12.6. The molecule has 0 aliphatic heterocycles.